The number of ether oxygens (including phenoxy) is 3. The number of carbonyl (C=O) groups excluding carboxylic acids is 2. The molecule has 1 unspecified atom stereocenters. The maximum absolute atomic E-state index is 13.4. The van der Waals surface area contributed by atoms with Gasteiger partial charge in [-0.15, -0.1) is 0 Å². The summed E-state index contributed by atoms with van der Waals surface area (Å²) in [6, 6.07) is 16.0. The van der Waals surface area contributed by atoms with E-state index in [1.54, 1.807) is 30.3 Å². The number of aliphatic hydroxyl groups is 1. The van der Waals surface area contributed by atoms with E-state index >= 15 is 0 Å². The lowest BCUT2D eigenvalue weighted by atomic mass is 9.94. The standard InChI is InChI=1S/C27H23Cl2NO6/c1-34-20-7-5-4-6-16(20)14-30-24(15-8-10-17(28)11-9-15)23(26(32)27(30)33)25(31)18-12-19(29)22(36-3)13-21(18)35-2/h4-13,24,31H,14H2,1-3H3/b25-23+. The van der Waals surface area contributed by atoms with E-state index in [2.05, 4.69) is 0 Å². The molecule has 1 saturated heterocycles. The molecule has 7 nitrogen and oxygen atoms in total. The molecular formula is C27H23Cl2NO6. The molecule has 0 saturated carbocycles. The van der Waals surface area contributed by atoms with E-state index in [4.69, 9.17) is 37.4 Å². The Hall–Kier alpha value is -3.68. The second kappa shape index (κ2) is 10.5. The van der Waals surface area contributed by atoms with E-state index < -0.39 is 23.5 Å². The lowest BCUT2D eigenvalue weighted by Gasteiger charge is -2.26. The third-order valence-electron chi connectivity index (χ3n) is 5.99. The molecule has 1 heterocycles. The molecule has 9 heteroatoms. The molecular weight excluding hydrogens is 505 g/mol. The number of aliphatic hydroxyl groups excluding tert-OH is 1. The fourth-order valence-electron chi connectivity index (χ4n) is 4.24. The van der Waals surface area contributed by atoms with E-state index in [9.17, 15) is 14.7 Å². The zero-order valence-electron chi connectivity index (χ0n) is 19.7. The maximum atomic E-state index is 13.4. The van der Waals surface area contributed by atoms with Gasteiger partial charge in [-0.25, -0.2) is 0 Å². The van der Waals surface area contributed by atoms with Gasteiger partial charge in [0.15, 0.2) is 0 Å². The summed E-state index contributed by atoms with van der Waals surface area (Å²) in [5, 5.41) is 12.1. The number of hydrogen-bond donors (Lipinski definition) is 1. The fraction of sp³-hybridized carbons (Fsp3) is 0.185. The average molecular weight is 528 g/mol. The Morgan fingerprint density at radius 3 is 2.17 bits per heavy atom. The van der Waals surface area contributed by atoms with Crippen molar-refractivity contribution in [1.82, 2.24) is 4.90 Å². The first kappa shape index (κ1) is 25.4. The van der Waals surface area contributed by atoms with Crippen LogP contribution in [0.3, 0.4) is 0 Å². The van der Waals surface area contributed by atoms with Crippen LogP contribution in [0.2, 0.25) is 10.0 Å². The molecule has 3 aromatic carbocycles. The summed E-state index contributed by atoms with van der Waals surface area (Å²) in [7, 11) is 4.39. The van der Waals surface area contributed by atoms with E-state index in [1.165, 1.54) is 38.4 Å². The molecule has 0 spiro atoms. The maximum Gasteiger partial charge on any atom is 0.295 e. The van der Waals surface area contributed by atoms with Crippen LogP contribution in [0.1, 0.15) is 22.7 Å². The van der Waals surface area contributed by atoms with Crippen LogP contribution < -0.4 is 14.2 Å². The van der Waals surface area contributed by atoms with Crippen molar-refractivity contribution in [2.75, 3.05) is 21.3 Å². The van der Waals surface area contributed by atoms with Gasteiger partial charge < -0.3 is 24.2 Å². The zero-order chi connectivity index (χ0) is 26.0. The smallest absolute Gasteiger partial charge is 0.295 e. The predicted octanol–water partition coefficient (Wildman–Crippen LogP) is 5.64. The van der Waals surface area contributed by atoms with Gasteiger partial charge in [0.05, 0.1) is 50.1 Å². The topological polar surface area (TPSA) is 85.3 Å². The highest BCUT2D eigenvalue weighted by Gasteiger charge is 2.46. The highest BCUT2D eigenvalue weighted by atomic mass is 35.5. The van der Waals surface area contributed by atoms with Gasteiger partial charge in [-0.3, -0.25) is 9.59 Å². The second-order valence-electron chi connectivity index (χ2n) is 7.98. The summed E-state index contributed by atoms with van der Waals surface area (Å²) < 4.78 is 16.1. The SMILES string of the molecule is COc1cc(OC)c(/C(O)=C2\C(=O)C(=O)N(Cc3ccccc3OC)C2c2ccc(Cl)cc2)cc1Cl. The summed E-state index contributed by atoms with van der Waals surface area (Å²) in [6.45, 7) is 0.0686. The molecule has 186 valence electrons. The highest BCUT2D eigenvalue weighted by Crippen LogP contribution is 2.44. The minimum atomic E-state index is -0.905. The number of rotatable bonds is 7. The number of methoxy groups -OCH3 is 3. The van der Waals surface area contributed by atoms with Gasteiger partial charge in [0.1, 0.15) is 23.0 Å². The molecule has 1 amide bonds. The Morgan fingerprint density at radius 1 is 0.889 bits per heavy atom. The van der Waals surface area contributed by atoms with Crippen molar-refractivity contribution >= 4 is 40.7 Å². The zero-order valence-corrected chi connectivity index (χ0v) is 21.3. The molecule has 0 aliphatic carbocycles. The molecule has 0 aromatic heterocycles. The summed E-state index contributed by atoms with van der Waals surface area (Å²) in [6.07, 6.45) is 0. The van der Waals surface area contributed by atoms with Crippen LogP contribution in [-0.2, 0) is 16.1 Å². The van der Waals surface area contributed by atoms with Crippen molar-refractivity contribution in [2.45, 2.75) is 12.6 Å². The summed E-state index contributed by atoms with van der Waals surface area (Å²) in [5.41, 5.74) is 1.34. The first-order chi connectivity index (χ1) is 17.3. The van der Waals surface area contributed by atoms with Gasteiger partial charge >= 0.3 is 0 Å². The third kappa shape index (κ3) is 4.59. The van der Waals surface area contributed by atoms with Crippen LogP contribution in [0.25, 0.3) is 5.76 Å². The van der Waals surface area contributed by atoms with Crippen LogP contribution in [0.15, 0.2) is 66.2 Å². The highest BCUT2D eigenvalue weighted by molar-refractivity contribution is 6.46. The van der Waals surface area contributed by atoms with Crippen molar-refractivity contribution in [3.63, 3.8) is 0 Å². The van der Waals surface area contributed by atoms with Crippen LogP contribution in [-0.4, -0.2) is 43.0 Å². The number of halogens is 2. The Bertz CT molecular complexity index is 1350. The number of para-hydroxylation sites is 1. The number of nitrogens with zero attached hydrogens (tertiary/aromatic N) is 1. The van der Waals surface area contributed by atoms with Crippen molar-refractivity contribution in [2.24, 2.45) is 0 Å². The number of hydrogen-bond acceptors (Lipinski definition) is 6. The van der Waals surface area contributed by atoms with Crippen molar-refractivity contribution in [3.05, 3.63) is 93.0 Å². The van der Waals surface area contributed by atoms with Gasteiger partial charge in [-0.05, 0) is 29.8 Å². The molecule has 1 fully saturated rings. The molecule has 0 bridgehead atoms. The van der Waals surface area contributed by atoms with Crippen LogP contribution in [0.5, 0.6) is 17.2 Å². The summed E-state index contributed by atoms with van der Waals surface area (Å²) in [4.78, 5) is 28.1. The molecule has 4 rings (SSSR count). The van der Waals surface area contributed by atoms with Gasteiger partial charge in [-0.2, -0.15) is 0 Å². The van der Waals surface area contributed by atoms with Gasteiger partial charge in [-0.1, -0.05) is 53.5 Å². The number of carbonyl (C=O) groups is 2. The Balaban J connectivity index is 1.92. The van der Waals surface area contributed by atoms with Crippen LogP contribution >= 0.6 is 23.2 Å². The van der Waals surface area contributed by atoms with E-state index in [0.29, 0.717) is 27.6 Å². The molecule has 3 aromatic rings. The lowest BCUT2D eigenvalue weighted by Crippen LogP contribution is -2.29. The number of benzene rings is 3. The Labute approximate surface area is 218 Å². The summed E-state index contributed by atoms with van der Waals surface area (Å²) in [5.74, 6) is -0.900. The van der Waals surface area contributed by atoms with Crippen molar-refractivity contribution in [3.8, 4) is 17.2 Å². The average Bonchev–Trinajstić information content (AvgIpc) is 3.13. The predicted molar refractivity (Wildman–Crippen MR) is 137 cm³/mol. The fourth-order valence-corrected chi connectivity index (χ4v) is 4.61. The van der Waals surface area contributed by atoms with Crippen molar-refractivity contribution < 1.29 is 28.9 Å². The van der Waals surface area contributed by atoms with E-state index in [1.807, 2.05) is 18.2 Å². The van der Waals surface area contributed by atoms with Gasteiger partial charge in [0, 0.05) is 16.7 Å². The number of Topliss-reactive ketones (excluding diaryl/α,β-unsaturated/α-hetero) is 1. The first-order valence-electron chi connectivity index (χ1n) is 10.9. The molecule has 1 N–H and O–H groups in total. The van der Waals surface area contributed by atoms with Crippen LogP contribution in [0.4, 0.5) is 0 Å². The molecule has 36 heavy (non-hydrogen) atoms. The van der Waals surface area contributed by atoms with Crippen molar-refractivity contribution in [1.29, 1.82) is 0 Å². The number of amides is 1. The Morgan fingerprint density at radius 2 is 1.53 bits per heavy atom. The quantitative estimate of drug-likeness (QED) is 0.243. The minimum absolute atomic E-state index is 0.0686. The van der Waals surface area contributed by atoms with Gasteiger partial charge in [0.25, 0.3) is 11.7 Å². The minimum Gasteiger partial charge on any atom is -0.507 e. The second-order valence-corrected chi connectivity index (χ2v) is 8.82. The monoisotopic (exact) mass is 527 g/mol. The molecule has 1 atom stereocenters. The van der Waals surface area contributed by atoms with Crippen LogP contribution in [0, 0.1) is 0 Å². The molecule has 1 aliphatic rings. The van der Waals surface area contributed by atoms with E-state index in [-0.39, 0.29) is 28.5 Å². The molecule has 1 aliphatic heterocycles. The molecule has 0 radical (unpaired) electrons. The normalized spacial score (nSPS) is 16.8. The Kier molecular flexibility index (Phi) is 7.43. The van der Waals surface area contributed by atoms with Gasteiger partial charge in [0.2, 0.25) is 0 Å². The summed E-state index contributed by atoms with van der Waals surface area (Å²) >= 11 is 12.4. The number of likely N-dealkylation sites (tertiary alicyclic amines) is 1. The largest absolute Gasteiger partial charge is 0.507 e. The lowest BCUT2D eigenvalue weighted by molar-refractivity contribution is -0.140. The third-order valence-corrected chi connectivity index (χ3v) is 6.54. The van der Waals surface area contributed by atoms with E-state index in [0.717, 1.165) is 0 Å². The number of ketones is 1. The first-order valence-corrected chi connectivity index (χ1v) is 11.6.